The van der Waals surface area contributed by atoms with Crippen LogP contribution in [0.3, 0.4) is 0 Å². The highest BCUT2D eigenvalue weighted by molar-refractivity contribution is 7.89. The van der Waals surface area contributed by atoms with Gasteiger partial charge < -0.3 is 4.74 Å². The molecule has 0 atom stereocenters. The molecule has 0 saturated carbocycles. The van der Waals surface area contributed by atoms with Gasteiger partial charge in [0.25, 0.3) is 10.0 Å². The minimum atomic E-state index is -3.72. The van der Waals surface area contributed by atoms with E-state index in [0.29, 0.717) is 5.75 Å². The van der Waals surface area contributed by atoms with Gasteiger partial charge in [-0.05, 0) is 35.9 Å². The van der Waals surface area contributed by atoms with E-state index in [0.717, 1.165) is 9.87 Å². The number of benzene rings is 2. The van der Waals surface area contributed by atoms with Crippen LogP contribution in [-0.4, -0.2) is 32.7 Å². The van der Waals surface area contributed by atoms with Crippen molar-refractivity contribution in [2.45, 2.75) is 4.90 Å². The van der Waals surface area contributed by atoms with Gasteiger partial charge in [-0.2, -0.15) is 0 Å². The summed E-state index contributed by atoms with van der Waals surface area (Å²) in [7, 11) is -0.764. The van der Waals surface area contributed by atoms with Gasteiger partial charge in [-0.25, -0.2) is 8.42 Å². The van der Waals surface area contributed by atoms with Gasteiger partial charge in [0, 0.05) is 12.6 Å². The second-order valence-corrected chi connectivity index (χ2v) is 7.04. The topological polar surface area (TPSA) is 63.7 Å². The maximum atomic E-state index is 12.6. The number of fused-ring (bicyclic) bond motifs is 1. The number of ketones is 1. The number of hydrogen-bond donors (Lipinski definition) is 0. The molecule has 23 heavy (non-hydrogen) atoms. The zero-order valence-corrected chi connectivity index (χ0v) is 13.5. The fraction of sp³-hybridized carbons (Fsp3) is 0.118. The molecule has 0 aliphatic carbocycles. The molecule has 1 heterocycles. The highest BCUT2D eigenvalue weighted by Gasteiger charge is 2.36. The van der Waals surface area contributed by atoms with E-state index in [1.165, 1.54) is 19.2 Å². The van der Waals surface area contributed by atoms with E-state index in [2.05, 4.69) is 0 Å². The summed E-state index contributed by atoms with van der Waals surface area (Å²) in [6.07, 6.45) is 1.56. The fourth-order valence-electron chi connectivity index (χ4n) is 2.45. The highest BCUT2D eigenvalue weighted by atomic mass is 32.2. The van der Waals surface area contributed by atoms with Crippen molar-refractivity contribution in [2.24, 2.45) is 0 Å². The molecule has 0 spiro atoms. The van der Waals surface area contributed by atoms with E-state index < -0.39 is 10.0 Å². The Morgan fingerprint density at radius 2 is 1.70 bits per heavy atom. The maximum absolute atomic E-state index is 12.6. The molecule has 1 aliphatic rings. The monoisotopic (exact) mass is 329 g/mol. The number of carbonyl (C=O) groups is 1. The lowest BCUT2D eigenvalue weighted by Crippen LogP contribution is -2.36. The summed E-state index contributed by atoms with van der Waals surface area (Å²) in [5.41, 5.74) is 1.04. The summed E-state index contributed by atoms with van der Waals surface area (Å²) in [4.78, 5) is 12.7. The lowest BCUT2D eigenvalue weighted by Gasteiger charge is -2.27. The predicted molar refractivity (Wildman–Crippen MR) is 86.7 cm³/mol. The summed E-state index contributed by atoms with van der Waals surface area (Å²) in [6.45, 7) is 0. The van der Waals surface area contributed by atoms with Crippen LogP contribution in [0.5, 0.6) is 5.75 Å². The molecule has 0 radical (unpaired) electrons. The Balaban J connectivity index is 2.13. The SMILES string of the molecule is COc1ccc(C=C2C(=O)c3ccccc3S(=O)(=O)N2C)cc1. The summed E-state index contributed by atoms with van der Waals surface area (Å²) in [6, 6.07) is 13.3. The minimum absolute atomic E-state index is 0.0411. The van der Waals surface area contributed by atoms with Crippen molar-refractivity contribution in [3.8, 4) is 5.75 Å². The van der Waals surface area contributed by atoms with Gasteiger partial charge in [0.15, 0.2) is 0 Å². The lowest BCUT2D eigenvalue weighted by atomic mass is 10.1. The second kappa shape index (κ2) is 5.55. The third-order valence-corrected chi connectivity index (χ3v) is 5.59. The summed E-state index contributed by atoms with van der Waals surface area (Å²) in [5, 5.41) is 0. The average molecular weight is 329 g/mol. The molecule has 3 rings (SSSR count). The lowest BCUT2D eigenvalue weighted by molar-refractivity contribution is 0.101. The van der Waals surface area contributed by atoms with E-state index in [-0.39, 0.29) is 21.9 Å². The Morgan fingerprint density at radius 1 is 1.04 bits per heavy atom. The van der Waals surface area contributed by atoms with Crippen molar-refractivity contribution in [1.29, 1.82) is 0 Å². The molecule has 1 aliphatic heterocycles. The number of hydrogen-bond acceptors (Lipinski definition) is 4. The van der Waals surface area contributed by atoms with E-state index in [1.54, 1.807) is 49.6 Å². The number of carbonyl (C=O) groups excluding carboxylic acids is 1. The molecule has 0 unspecified atom stereocenters. The maximum Gasteiger partial charge on any atom is 0.264 e. The Hall–Kier alpha value is -2.60. The van der Waals surface area contributed by atoms with Gasteiger partial charge in [0.1, 0.15) is 11.4 Å². The van der Waals surface area contributed by atoms with Crippen LogP contribution in [0.2, 0.25) is 0 Å². The van der Waals surface area contributed by atoms with Crippen LogP contribution in [0.4, 0.5) is 0 Å². The normalized spacial score (nSPS) is 17.9. The van der Waals surface area contributed by atoms with Gasteiger partial charge in [0.05, 0.1) is 12.0 Å². The first-order chi connectivity index (χ1) is 10.9. The van der Waals surface area contributed by atoms with Crippen LogP contribution in [0.15, 0.2) is 59.1 Å². The molecule has 0 aromatic heterocycles. The number of Topliss-reactive ketones (excluding diaryl/α,β-unsaturated/α-hetero) is 1. The van der Waals surface area contributed by atoms with Gasteiger partial charge in [-0.1, -0.05) is 24.3 Å². The molecular formula is C17H15NO4S. The van der Waals surface area contributed by atoms with Gasteiger partial charge >= 0.3 is 0 Å². The van der Waals surface area contributed by atoms with Crippen molar-refractivity contribution in [3.63, 3.8) is 0 Å². The van der Waals surface area contributed by atoms with Gasteiger partial charge in [0.2, 0.25) is 5.78 Å². The predicted octanol–water partition coefficient (Wildman–Crippen LogP) is 2.55. The Morgan fingerprint density at radius 3 is 2.35 bits per heavy atom. The van der Waals surface area contributed by atoms with Gasteiger partial charge in [-0.15, -0.1) is 0 Å². The van der Waals surface area contributed by atoms with E-state index in [1.807, 2.05) is 0 Å². The smallest absolute Gasteiger partial charge is 0.264 e. The molecule has 5 nitrogen and oxygen atoms in total. The molecule has 2 aromatic carbocycles. The Labute approximate surface area is 134 Å². The Kier molecular flexibility index (Phi) is 3.69. The highest BCUT2D eigenvalue weighted by Crippen LogP contribution is 2.31. The van der Waals surface area contributed by atoms with Crippen LogP contribution < -0.4 is 4.74 Å². The number of likely N-dealkylation sites (N-methyl/N-ethyl adjacent to an activating group) is 1. The number of methoxy groups -OCH3 is 1. The summed E-state index contributed by atoms with van der Waals surface area (Å²) in [5.74, 6) is 0.377. The van der Waals surface area contributed by atoms with E-state index in [9.17, 15) is 13.2 Å². The number of sulfonamides is 1. The Bertz CT molecular complexity index is 898. The number of ether oxygens (including phenoxy) is 1. The quantitative estimate of drug-likeness (QED) is 0.794. The fourth-order valence-corrected chi connectivity index (χ4v) is 3.83. The van der Waals surface area contributed by atoms with Crippen LogP contribution in [0, 0.1) is 0 Å². The van der Waals surface area contributed by atoms with Crippen molar-refractivity contribution in [2.75, 3.05) is 14.2 Å². The summed E-state index contributed by atoms with van der Waals surface area (Å²) < 4.78 is 31.2. The molecule has 0 amide bonds. The molecular weight excluding hydrogens is 314 g/mol. The largest absolute Gasteiger partial charge is 0.497 e. The molecule has 0 saturated heterocycles. The molecule has 0 fully saturated rings. The average Bonchev–Trinajstić information content (AvgIpc) is 2.58. The number of rotatable bonds is 2. The molecule has 0 N–H and O–H groups in total. The zero-order valence-electron chi connectivity index (χ0n) is 12.7. The molecule has 118 valence electrons. The van der Waals surface area contributed by atoms with E-state index >= 15 is 0 Å². The third kappa shape index (κ3) is 2.51. The molecule has 2 aromatic rings. The minimum Gasteiger partial charge on any atom is -0.497 e. The standard InChI is InChI=1S/C17H15NO4S/c1-18-15(11-12-7-9-13(22-2)10-8-12)17(19)14-5-3-4-6-16(14)23(18,20)21/h3-11H,1-2H3. The van der Waals surface area contributed by atoms with Crippen LogP contribution in [0.25, 0.3) is 6.08 Å². The number of allylic oxidation sites excluding steroid dienone is 1. The number of nitrogens with zero attached hydrogens (tertiary/aromatic N) is 1. The van der Waals surface area contributed by atoms with Crippen molar-refractivity contribution in [1.82, 2.24) is 4.31 Å². The van der Waals surface area contributed by atoms with Gasteiger partial charge in [-0.3, -0.25) is 9.10 Å². The first-order valence-electron chi connectivity index (χ1n) is 6.93. The molecule has 0 bridgehead atoms. The third-order valence-electron chi connectivity index (χ3n) is 3.76. The summed E-state index contributed by atoms with van der Waals surface area (Å²) >= 11 is 0. The first kappa shape index (κ1) is 15.3. The van der Waals surface area contributed by atoms with E-state index in [4.69, 9.17) is 4.74 Å². The van der Waals surface area contributed by atoms with Crippen LogP contribution >= 0.6 is 0 Å². The molecule has 6 heteroatoms. The second-order valence-electron chi connectivity index (χ2n) is 5.10. The van der Waals surface area contributed by atoms with Crippen molar-refractivity contribution in [3.05, 3.63) is 65.4 Å². The zero-order chi connectivity index (χ0) is 16.6. The van der Waals surface area contributed by atoms with Crippen LogP contribution in [0.1, 0.15) is 15.9 Å². The van der Waals surface area contributed by atoms with Crippen molar-refractivity contribution >= 4 is 21.9 Å². The van der Waals surface area contributed by atoms with Crippen LogP contribution in [-0.2, 0) is 10.0 Å². The van der Waals surface area contributed by atoms with Crippen molar-refractivity contribution < 1.29 is 17.9 Å². The first-order valence-corrected chi connectivity index (χ1v) is 8.37.